The number of carbonyl (C=O) groups is 1. The van der Waals surface area contributed by atoms with Crippen LogP contribution in [0.25, 0.3) is 0 Å². The molecular formula is C23H27F6N7O3. The molecule has 214 valence electrons. The summed E-state index contributed by atoms with van der Waals surface area (Å²) in [5.74, 6) is -0.213. The molecule has 4 rings (SSSR count). The zero-order chi connectivity index (χ0) is 28.5. The molecule has 2 aliphatic rings. The van der Waals surface area contributed by atoms with Crippen molar-refractivity contribution in [1.82, 2.24) is 25.1 Å². The van der Waals surface area contributed by atoms with Crippen LogP contribution in [0.2, 0.25) is 0 Å². The number of rotatable bonds is 7. The number of piperidine rings is 1. The summed E-state index contributed by atoms with van der Waals surface area (Å²) in [5.41, 5.74) is -4.18. The molecule has 0 aliphatic carbocycles. The van der Waals surface area contributed by atoms with E-state index in [-0.39, 0.29) is 30.4 Å². The van der Waals surface area contributed by atoms with E-state index in [0.29, 0.717) is 32.5 Å². The van der Waals surface area contributed by atoms with Gasteiger partial charge in [-0.15, -0.1) is 0 Å². The highest BCUT2D eigenvalue weighted by Crippen LogP contribution is 2.33. The maximum atomic E-state index is 13.3. The van der Waals surface area contributed by atoms with Crippen molar-refractivity contribution in [1.29, 1.82) is 0 Å². The van der Waals surface area contributed by atoms with Crippen molar-refractivity contribution in [2.75, 3.05) is 36.5 Å². The van der Waals surface area contributed by atoms with Crippen molar-refractivity contribution in [3.63, 3.8) is 0 Å². The van der Waals surface area contributed by atoms with Crippen LogP contribution >= 0.6 is 0 Å². The summed E-state index contributed by atoms with van der Waals surface area (Å²) >= 11 is 0. The van der Waals surface area contributed by atoms with Crippen LogP contribution in [-0.2, 0) is 21.9 Å². The standard InChI is InChI=1S/C23H27F6N7O3/c1-12-10-36(15-3-5-35(6-4-15)21-30-7-14(8-31-21)22(24,25)26)20(38)18(12)39-11-13(2)33-16-9-32-34-19(37)17(16)23(27,28)29/h7-9,12-13,15,18H,3-6,10-11H2,1-2H3,(H2,33,34,37)/t12-,13-,18+/m0/s1. The molecule has 39 heavy (non-hydrogen) atoms. The number of aromatic amines is 1. The highest BCUT2D eigenvalue weighted by molar-refractivity contribution is 5.84. The highest BCUT2D eigenvalue weighted by atomic mass is 19.4. The third kappa shape index (κ3) is 6.42. The van der Waals surface area contributed by atoms with Gasteiger partial charge in [0.25, 0.3) is 11.5 Å². The van der Waals surface area contributed by atoms with Crippen LogP contribution in [0.4, 0.5) is 38.0 Å². The molecule has 2 N–H and O–H groups in total. The molecule has 1 amide bonds. The number of halogens is 6. The lowest BCUT2D eigenvalue weighted by atomic mass is 10.0. The highest BCUT2D eigenvalue weighted by Gasteiger charge is 2.43. The second kappa shape index (κ2) is 11.0. The van der Waals surface area contributed by atoms with E-state index in [4.69, 9.17) is 4.74 Å². The van der Waals surface area contributed by atoms with Gasteiger partial charge in [-0.1, -0.05) is 6.92 Å². The van der Waals surface area contributed by atoms with Gasteiger partial charge in [-0.25, -0.2) is 15.1 Å². The first kappa shape index (κ1) is 28.6. The van der Waals surface area contributed by atoms with E-state index in [1.165, 1.54) is 0 Å². The maximum absolute atomic E-state index is 13.3. The molecule has 2 fully saturated rings. The van der Waals surface area contributed by atoms with Crippen molar-refractivity contribution >= 4 is 17.5 Å². The Morgan fingerprint density at radius 2 is 1.72 bits per heavy atom. The molecule has 0 bridgehead atoms. The number of anilines is 2. The van der Waals surface area contributed by atoms with Crippen LogP contribution < -0.4 is 15.8 Å². The van der Waals surface area contributed by atoms with Crippen LogP contribution in [0.3, 0.4) is 0 Å². The van der Waals surface area contributed by atoms with Gasteiger partial charge in [-0.3, -0.25) is 9.59 Å². The summed E-state index contributed by atoms with van der Waals surface area (Å²) in [6.45, 7) is 4.64. The minimum atomic E-state index is -4.88. The lowest BCUT2D eigenvalue weighted by Gasteiger charge is -2.36. The average molecular weight is 564 g/mol. The number of nitrogens with zero attached hydrogens (tertiary/aromatic N) is 5. The first-order chi connectivity index (χ1) is 18.3. The normalized spacial score (nSPS) is 21.9. The summed E-state index contributed by atoms with van der Waals surface area (Å²) in [4.78, 5) is 35.9. The SMILES string of the molecule is C[C@@H](CO[C@H]1C(=O)N(C2CCN(c3ncc(C(F)(F)F)cn3)CC2)C[C@@H]1C)Nc1cn[nH]c(=O)c1C(F)(F)F. The Morgan fingerprint density at radius 3 is 2.31 bits per heavy atom. The van der Waals surface area contributed by atoms with Gasteiger partial charge in [0.2, 0.25) is 5.95 Å². The van der Waals surface area contributed by atoms with Crippen LogP contribution in [0, 0.1) is 5.92 Å². The van der Waals surface area contributed by atoms with E-state index < -0.39 is 46.9 Å². The maximum Gasteiger partial charge on any atom is 0.423 e. The number of aromatic nitrogens is 4. The van der Waals surface area contributed by atoms with Gasteiger partial charge in [0.15, 0.2) is 0 Å². The molecule has 4 heterocycles. The molecule has 0 saturated carbocycles. The number of alkyl halides is 6. The molecular weight excluding hydrogens is 536 g/mol. The van der Waals surface area contributed by atoms with E-state index in [9.17, 15) is 35.9 Å². The number of ether oxygens (including phenoxy) is 1. The molecule has 0 spiro atoms. The van der Waals surface area contributed by atoms with Gasteiger partial charge in [0, 0.05) is 50.0 Å². The lowest BCUT2D eigenvalue weighted by molar-refractivity contribution is -0.140. The second-order valence-corrected chi connectivity index (χ2v) is 9.74. The van der Waals surface area contributed by atoms with Gasteiger partial charge in [0.1, 0.15) is 11.7 Å². The minimum absolute atomic E-state index is 0.0949. The Balaban J connectivity index is 1.30. The first-order valence-electron chi connectivity index (χ1n) is 12.2. The predicted octanol–water partition coefficient (Wildman–Crippen LogP) is 2.93. The first-order valence-corrected chi connectivity index (χ1v) is 12.2. The minimum Gasteiger partial charge on any atom is -0.378 e. The number of hydrogen-bond acceptors (Lipinski definition) is 8. The molecule has 3 atom stereocenters. The van der Waals surface area contributed by atoms with Crippen molar-refractivity contribution in [2.24, 2.45) is 5.92 Å². The number of carbonyl (C=O) groups excluding carboxylic acids is 1. The van der Waals surface area contributed by atoms with Gasteiger partial charge in [0.05, 0.1) is 24.1 Å². The van der Waals surface area contributed by atoms with Gasteiger partial charge in [-0.05, 0) is 19.8 Å². The van der Waals surface area contributed by atoms with Crippen LogP contribution in [0.15, 0.2) is 23.4 Å². The molecule has 0 radical (unpaired) electrons. The van der Waals surface area contributed by atoms with E-state index in [0.717, 1.165) is 18.6 Å². The van der Waals surface area contributed by atoms with Gasteiger partial charge in [-0.2, -0.15) is 31.4 Å². The summed E-state index contributed by atoms with van der Waals surface area (Å²) in [7, 11) is 0. The summed E-state index contributed by atoms with van der Waals surface area (Å²) in [6, 6.07) is -0.776. The fraction of sp³-hybridized carbons (Fsp3) is 0.609. The average Bonchev–Trinajstić information content (AvgIpc) is 3.14. The van der Waals surface area contributed by atoms with Crippen LogP contribution in [0.5, 0.6) is 0 Å². The zero-order valence-electron chi connectivity index (χ0n) is 21.0. The molecule has 2 aromatic heterocycles. The quantitative estimate of drug-likeness (QED) is 0.495. The second-order valence-electron chi connectivity index (χ2n) is 9.74. The number of likely N-dealkylation sites (tertiary alicyclic amines) is 1. The van der Waals surface area contributed by atoms with E-state index in [2.05, 4.69) is 20.4 Å². The van der Waals surface area contributed by atoms with Crippen molar-refractivity contribution in [3.8, 4) is 0 Å². The molecule has 0 unspecified atom stereocenters. The predicted molar refractivity (Wildman–Crippen MR) is 126 cm³/mol. The van der Waals surface area contributed by atoms with Crippen LogP contribution in [0.1, 0.15) is 37.8 Å². The Bertz CT molecular complexity index is 1210. The summed E-state index contributed by atoms with van der Waals surface area (Å²) < 4.78 is 83.9. The topological polar surface area (TPSA) is 116 Å². The molecule has 16 heteroatoms. The summed E-state index contributed by atoms with van der Waals surface area (Å²) in [6.07, 6.45) is -6.72. The van der Waals surface area contributed by atoms with E-state index >= 15 is 0 Å². The van der Waals surface area contributed by atoms with Crippen molar-refractivity contribution in [2.45, 2.75) is 57.2 Å². The Hall–Kier alpha value is -3.43. The smallest absolute Gasteiger partial charge is 0.378 e. The number of nitrogens with one attached hydrogen (secondary N) is 2. The molecule has 0 aromatic carbocycles. The third-order valence-corrected chi connectivity index (χ3v) is 6.75. The third-order valence-electron chi connectivity index (χ3n) is 6.75. The molecule has 2 aromatic rings. The monoisotopic (exact) mass is 563 g/mol. The number of amides is 1. The van der Waals surface area contributed by atoms with Gasteiger partial charge < -0.3 is 19.9 Å². The van der Waals surface area contributed by atoms with Crippen molar-refractivity contribution < 1.29 is 35.9 Å². The number of H-pyrrole nitrogens is 1. The lowest BCUT2D eigenvalue weighted by Crippen LogP contribution is -2.47. The van der Waals surface area contributed by atoms with Crippen LogP contribution in [-0.4, -0.2) is 75.4 Å². The number of hydrogen-bond donors (Lipinski definition) is 2. The Labute approximate surface area is 218 Å². The Morgan fingerprint density at radius 1 is 1.08 bits per heavy atom. The molecule has 2 saturated heterocycles. The van der Waals surface area contributed by atoms with Crippen molar-refractivity contribution in [3.05, 3.63) is 40.1 Å². The summed E-state index contributed by atoms with van der Waals surface area (Å²) in [5, 5.41) is 7.77. The van der Waals surface area contributed by atoms with E-state index in [1.54, 1.807) is 21.8 Å². The van der Waals surface area contributed by atoms with E-state index in [1.807, 2.05) is 6.92 Å². The Kier molecular flexibility index (Phi) is 8.04. The molecule has 10 nitrogen and oxygen atoms in total. The fourth-order valence-corrected chi connectivity index (χ4v) is 4.82. The molecule has 2 aliphatic heterocycles. The van der Waals surface area contributed by atoms with Gasteiger partial charge >= 0.3 is 12.4 Å². The zero-order valence-corrected chi connectivity index (χ0v) is 21.0. The fourth-order valence-electron chi connectivity index (χ4n) is 4.82. The largest absolute Gasteiger partial charge is 0.423 e.